The first-order valence-corrected chi connectivity index (χ1v) is 6.22. The van der Waals surface area contributed by atoms with Gasteiger partial charge < -0.3 is 10.6 Å². The molecule has 1 amide bonds. The van der Waals surface area contributed by atoms with Crippen LogP contribution in [-0.4, -0.2) is 28.7 Å². The number of nitrogens with one attached hydrogen (secondary N) is 3. The average Bonchev–Trinajstić information content (AvgIpc) is 3.08. The third-order valence-electron chi connectivity index (χ3n) is 2.41. The molecule has 6 nitrogen and oxygen atoms in total. The summed E-state index contributed by atoms with van der Waals surface area (Å²) in [5.41, 5.74) is 0.297. The Morgan fingerprint density at radius 2 is 2.35 bits per heavy atom. The Kier molecular flexibility index (Phi) is 3.78. The van der Waals surface area contributed by atoms with E-state index in [-0.39, 0.29) is 11.5 Å². The van der Waals surface area contributed by atoms with E-state index in [1.807, 2.05) is 0 Å². The topological polar surface area (TPSA) is 86.9 Å². The molecule has 17 heavy (non-hydrogen) atoms. The largest absolute Gasteiger partial charge is 0.382 e. The molecule has 0 aromatic carbocycles. The Hall–Kier alpha value is -1.37. The fourth-order valence-corrected chi connectivity index (χ4v) is 1.68. The lowest BCUT2D eigenvalue weighted by Crippen LogP contribution is -2.27. The molecule has 0 bridgehead atoms. The van der Waals surface area contributed by atoms with Crippen molar-refractivity contribution in [3.63, 3.8) is 0 Å². The van der Waals surface area contributed by atoms with Crippen LogP contribution in [0.2, 0.25) is 0 Å². The number of nitrogens with zero attached hydrogens (tertiary/aromatic N) is 1. The summed E-state index contributed by atoms with van der Waals surface area (Å²) in [7, 11) is 0. The van der Waals surface area contributed by atoms with Crippen molar-refractivity contribution in [3.8, 4) is 0 Å². The minimum atomic E-state index is -0.294. The lowest BCUT2D eigenvalue weighted by Gasteiger charge is -2.07. The molecule has 1 saturated carbocycles. The number of hydrogen-bond acceptors (Lipinski definition) is 4. The van der Waals surface area contributed by atoms with Gasteiger partial charge >= 0.3 is 0 Å². The van der Waals surface area contributed by atoms with Gasteiger partial charge in [0, 0.05) is 19.0 Å². The number of anilines is 1. The normalized spacial score (nSPS) is 14.4. The van der Waals surface area contributed by atoms with E-state index in [1.54, 1.807) is 0 Å². The van der Waals surface area contributed by atoms with Crippen molar-refractivity contribution in [2.45, 2.75) is 25.3 Å². The van der Waals surface area contributed by atoms with Crippen molar-refractivity contribution >= 4 is 27.5 Å². The molecule has 0 saturated heterocycles. The maximum absolute atomic E-state index is 11.4. The van der Waals surface area contributed by atoms with Gasteiger partial charge in [-0.15, -0.1) is 0 Å². The molecule has 1 heterocycles. The van der Waals surface area contributed by atoms with Crippen LogP contribution in [0.1, 0.15) is 19.3 Å². The predicted molar refractivity (Wildman–Crippen MR) is 66.8 cm³/mol. The average molecular weight is 301 g/mol. The number of amides is 1. The highest BCUT2D eigenvalue weighted by molar-refractivity contribution is 9.10. The SMILES string of the molecule is O=C(CCNc1cn[nH]c(=O)c1Br)NC1CC1. The lowest BCUT2D eigenvalue weighted by atomic mass is 10.3. The summed E-state index contributed by atoms with van der Waals surface area (Å²) in [6, 6.07) is 0.385. The van der Waals surface area contributed by atoms with Crippen LogP contribution in [0.3, 0.4) is 0 Å². The first kappa shape index (κ1) is 12.1. The maximum Gasteiger partial charge on any atom is 0.280 e. The van der Waals surface area contributed by atoms with Crippen molar-refractivity contribution in [2.75, 3.05) is 11.9 Å². The minimum Gasteiger partial charge on any atom is -0.382 e. The highest BCUT2D eigenvalue weighted by Crippen LogP contribution is 2.18. The molecule has 92 valence electrons. The van der Waals surface area contributed by atoms with E-state index in [9.17, 15) is 9.59 Å². The van der Waals surface area contributed by atoms with Gasteiger partial charge in [-0.1, -0.05) is 0 Å². The van der Waals surface area contributed by atoms with Crippen molar-refractivity contribution in [1.29, 1.82) is 0 Å². The quantitative estimate of drug-likeness (QED) is 0.744. The van der Waals surface area contributed by atoms with Gasteiger partial charge in [-0.3, -0.25) is 9.59 Å². The van der Waals surface area contributed by atoms with E-state index in [1.165, 1.54) is 6.20 Å². The third kappa shape index (κ3) is 3.55. The van der Waals surface area contributed by atoms with E-state index < -0.39 is 0 Å². The van der Waals surface area contributed by atoms with Gasteiger partial charge in [0.2, 0.25) is 5.91 Å². The van der Waals surface area contributed by atoms with E-state index in [4.69, 9.17) is 0 Å². The van der Waals surface area contributed by atoms with Crippen molar-refractivity contribution in [1.82, 2.24) is 15.5 Å². The Bertz CT molecular complexity index is 470. The summed E-state index contributed by atoms with van der Waals surface area (Å²) in [6.45, 7) is 0.474. The second kappa shape index (κ2) is 5.31. The molecule has 0 atom stereocenters. The molecule has 0 aliphatic heterocycles. The van der Waals surface area contributed by atoms with Gasteiger partial charge in [0.25, 0.3) is 5.56 Å². The van der Waals surface area contributed by atoms with E-state index in [0.717, 1.165) is 12.8 Å². The fourth-order valence-electron chi connectivity index (χ4n) is 1.34. The Morgan fingerprint density at radius 3 is 3.06 bits per heavy atom. The van der Waals surface area contributed by atoms with Gasteiger partial charge in [-0.2, -0.15) is 5.10 Å². The predicted octanol–water partition coefficient (Wildman–Crippen LogP) is 0.613. The van der Waals surface area contributed by atoms with E-state index >= 15 is 0 Å². The Morgan fingerprint density at radius 1 is 1.59 bits per heavy atom. The van der Waals surface area contributed by atoms with Gasteiger partial charge in [-0.25, -0.2) is 5.10 Å². The van der Waals surface area contributed by atoms with Crippen LogP contribution < -0.4 is 16.2 Å². The minimum absolute atomic E-state index is 0.0360. The molecule has 1 aliphatic rings. The van der Waals surface area contributed by atoms with Gasteiger partial charge in [0.05, 0.1) is 11.9 Å². The molecule has 0 spiro atoms. The van der Waals surface area contributed by atoms with Crippen molar-refractivity contribution in [3.05, 3.63) is 21.0 Å². The van der Waals surface area contributed by atoms with Crippen LogP contribution in [0.15, 0.2) is 15.5 Å². The molecule has 3 N–H and O–H groups in total. The van der Waals surface area contributed by atoms with Crippen LogP contribution >= 0.6 is 15.9 Å². The van der Waals surface area contributed by atoms with Gasteiger partial charge in [0.1, 0.15) is 4.47 Å². The fraction of sp³-hybridized carbons (Fsp3) is 0.500. The molecule has 0 unspecified atom stereocenters. The zero-order chi connectivity index (χ0) is 12.3. The lowest BCUT2D eigenvalue weighted by molar-refractivity contribution is -0.120. The summed E-state index contributed by atoms with van der Waals surface area (Å²) >= 11 is 3.15. The number of carbonyl (C=O) groups excluding carboxylic acids is 1. The molecule has 7 heteroatoms. The van der Waals surface area contributed by atoms with Gasteiger partial charge in [-0.05, 0) is 28.8 Å². The number of carbonyl (C=O) groups is 1. The highest BCUT2D eigenvalue weighted by atomic mass is 79.9. The molecule has 1 aromatic heterocycles. The first-order chi connectivity index (χ1) is 8.16. The molecule has 1 aliphatic carbocycles. The van der Waals surface area contributed by atoms with E-state index in [0.29, 0.717) is 29.2 Å². The smallest absolute Gasteiger partial charge is 0.280 e. The summed E-state index contributed by atoms with van der Waals surface area (Å²) in [4.78, 5) is 22.6. The highest BCUT2D eigenvalue weighted by Gasteiger charge is 2.22. The molecule has 2 rings (SSSR count). The summed E-state index contributed by atoms with van der Waals surface area (Å²) < 4.78 is 0.398. The standard InChI is InChI=1S/C10H13BrN4O2/c11-9-7(5-13-15-10(9)17)12-4-3-8(16)14-6-1-2-6/h5-6H,1-4H2,(H,14,16)(H2,12,15,17). The summed E-state index contributed by atoms with van der Waals surface area (Å²) in [5.74, 6) is 0.0360. The van der Waals surface area contributed by atoms with E-state index in [2.05, 4.69) is 36.8 Å². The molecule has 1 aromatic rings. The second-order valence-corrected chi connectivity index (χ2v) is 4.74. The van der Waals surface area contributed by atoms with Crippen LogP contribution in [0.25, 0.3) is 0 Å². The number of aromatic amines is 1. The number of halogens is 1. The summed E-state index contributed by atoms with van der Waals surface area (Å²) in [6.07, 6.45) is 4.06. The third-order valence-corrected chi connectivity index (χ3v) is 3.19. The van der Waals surface area contributed by atoms with Crippen LogP contribution in [0.5, 0.6) is 0 Å². The summed E-state index contributed by atoms with van der Waals surface area (Å²) in [5, 5.41) is 11.9. The van der Waals surface area contributed by atoms with Crippen LogP contribution in [0, 0.1) is 0 Å². The molecular formula is C10H13BrN4O2. The maximum atomic E-state index is 11.4. The zero-order valence-corrected chi connectivity index (χ0v) is 10.7. The second-order valence-electron chi connectivity index (χ2n) is 3.95. The Balaban J connectivity index is 1.79. The zero-order valence-electron chi connectivity index (χ0n) is 9.12. The molecule has 0 radical (unpaired) electrons. The van der Waals surface area contributed by atoms with Crippen LogP contribution in [0.4, 0.5) is 5.69 Å². The van der Waals surface area contributed by atoms with Crippen LogP contribution in [-0.2, 0) is 4.79 Å². The number of H-pyrrole nitrogens is 1. The monoisotopic (exact) mass is 300 g/mol. The van der Waals surface area contributed by atoms with Crippen molar-refractivity contribution in [2.24, 2.45) is 0 Å². The van der Waals surface area contributed by atoms with Crippen molar-refractivity contribution < 1.29 is 4.79 Å². The number of hydrogen-bond donors (Lipinski definition) is 3. The molecule has 1 fully saturated rings. The van der Waals surface area contributed by atoms with Gasteiger partial charge in [0.15, 0.2) is 0 Å². The first-order valence-electron chi connectivity index (χ1n) is 5.43. The number of rotatable bonds is 5. The molecular weight excluding hydrogens is 288 g/mol. The Labute approximate surface area is 106 Å². The number of aromatic nitrogens is 2.